The number of fused-ring (bicyclic) bond motifs is 1. The van der Waals surface area contributed by atoms with E-state index in [1.807, 2.05) is 25.1 Å². The molecule has 1 saturated carbocycles. The van der Waals surface area contributed by atoms with Crippen LogP contribution in [-0.2, 0) is 21.0 Å². The molecule has 11 nitrogen and oxygen atoms in total. The zero-order chi connectivity index (χ0) is 38.1. The fraction of sp³-hybridized carbons (Fsp3) is 0.275. The molecule has 4 aromatic carbocycles. The summed E-state index contributed by atoms with van der Waals surface area (Å²) in [4.78, 5) is 38.2. The summed E-state index contributed by atoms with van der Waals surface area (Å²) >= 11 is 4.43. The van der Waals surface area contributed by atoms with Crippen molar-refractivity contribution >= 4 is 46.9 Å². The van der Waals surface area contributed by atoms with Crippen LogP contribution in [-0.4, -0.2) is 59.7 Å². The summed E-state index contributed by atoms with van der Waals surface area (Å²) in [6, 6.07) is 24.5. The molecule has 0 bridgehead atoms. The van der Waals surface area contributed by atoms with E-state index in [9.17, 15) is 14.0 Å². The van der Waals surface area contributed by atoms with E-state index in [4.69, 9.17) is 19.0 Å². The topological polar surface area (TPSA) is 114 Å². The number of rotatable bonds is 18. The fourth-order valence-electron chi connectivity index (χ4n) is 5.86. The average Bonchev–Trinajstić information content (AvgIpc) is 3.98. The molecule has 1 aliphatic rings. The molecule has 0 radical (unpaired) electrons. The van der Waals surface area contributed by atoms with Gasteiger partial charge in [0.2, 0.25) is 11.8 Å². The van der Waals surface area contributed by atoms with Gasteiger partial charge in [-0.25, -0.2) is 8.78 Å². The maximum atomic E-state index is 15.4. The van der Waals surface area contributed by atoms with E-state index in [1.54, 1.807) is 31.5 Å². The second kappa shape index (κ2) is 17.7. The molecule has 0 aliphatic heterocycles. The number of hydroxylamine groups is 1. The van der Waals surface area contributed by atoms with Gasteiger partial charge in [-0.1, -0.05) is 43.1 Å². The number of thiol groups is 1. The molecule has 2 N–H and O–H groups in total. The highest BCUT2D eigenvalue weighted by Gasteiger charge is 2.56. The molecule has 54 heavy (non-hydrogen) atoms. The maximum absolute atomic E-state index is 15.4. The Balaban J connectivity index is 1.10. The Bertz CT molecular complexity index is 2070. The number of carbonyl (C=O) groups is 2. The lowest BCUT2D eigenvalue weighted by molar-refractivity contribution is -0.131. The molecule has 0 atom stereocenters. The van der Waals surface area contributed by atoms with E-state index in [-0.39, 0.29) is 11.4 Å². The summed E-state index contributed by atoms with van der Waals surface area (Å²) in [7, 11) is 1.55. The lowest BCUT2D eigenvalue weighted by atomic mass is 10.0. The van der Waals surface area contributed by atoms with Gasteiger partial charge >= 0.3 is 0 Å². The second-order valence-electron chi connectivity index (χ2n) is 12.7. The first-order chi connectivity index (χ1) is 26.2. The van der Waals surface area contributed by atoms with E-state index in [2.05, 4.69) is 45.5 Å². The molecule has 6 rings (SSSR count). The van der Waals surface area contributed by atoms with E-state index in [0.717, 1.165) is 6.07 Å². The van der Waals surface area contributed by atoms with Crippen LogP contribution in [0.3, 0.4) is 0 Å². The summed E-state index contributed by atoms with van der Waals surface area (Å²) in [5, 5.41) is 5.88. The minimum atomic E-state index is -1.30. The molecule has 5 aromatic rings. The SMILES string of the molecule is CCON(S)CN(CCCOc1cc2c(Oc3ccc(NC(=O)C4(C(=O)Nc5ccc(F)cc5)CC4)cc3F)ccnc2cc1OC)Cc1ccccc1. The van der Waals surface area contributed by atoms with Gasteiger partial charge in [-0.05, 0) is 80.3 Å². The van der Waals surface area contributed by atoms with E-state index < -0.39 is 28.9 Å². The highest BCUT2D eigenvalue weighted by atomic mass is 32.1. The van der Waals surface area contributed by atoms with Gasteiger partial charge in [-0.2, -0.15) is 0 Å². The molecular formula is C40H41F2N5O6S. The zero-order valence-corrected chi connectivity index (χ0v) is 30.8. The minimum Gasteiger partial charge on any atom is -0.493 e. The standard InChI is InChI=1S/C40H41F2N5O6S/c1-3-52-47(54)26-46(25-27-8-5-4-6-9-27)20-7-21-51-37-23-31-33(24-36(37)50-2)43-19-16-34(31)53-35-15-14-30(22-32(35)42)45-39(49)40(17-18-40)38(48)44-29-12-10-28(41)11-13-29/h4-6,8-16,19,22-24,54H,3,7,17-18,20-21,25-26H2,1-2H3,(H,44,48)(H,45,49). The minimum absolute atomic E-state index is 0.0854. The number of benzene rings is 4. The number of hydrogen-bond acceptors (Lipinski definition) is 10. The zero-order valence-electron chi connectivity index (χ0n) is 29.9. The molecule has 0 saturated heterocycles. The van der Waals surface area contributed by atoms with Gasteiger partial charge < -0.3 is 24.8 Å². The van der Waals surface area contributed by atoms with Crippen molar-refractivity contribution in [1.82, 2.24) is 14.4 Å². The van der Waals surface area contributed by atoms with Crippen LogP contribution in [0.1, 0.15) is 31.7 Å². The Hall–Kier alpha value is -5.28. The molecule has 14 heteroatoms. The summed E-state index contributed by atoms with van der Waals surface area (Å²) in [5.41, 5.74) is 0.950. The molecule has 1 aliphatic carbocycles. The van der Waals surface area contributed by atoms with Crippen molar-refractivity contribution in [2.75, 3.05) is 44.2 Å². The first-order valence-electron chi connectivity index (χ1n) is 17.5. The van der Waals surface area contributed by atoms with Gasteiger partial charge in [-0.3, -0.25) is 24.3 Å². The highest BCUT2D eigenvalue weighted by molar-refractivity contribution is 7.77. The molecule has 1 heterocycles. The van der Waals surface area contributed by atoms with Crippen LogP contribution in [0.5, 0.6) is 23.0 Å². The smallest absolute Gasteiger partial charge is 0.240 e. The maximum Gasteiger partial charge on any atom is 0.240 e. The summed E-state index contributed by atoms with van der Waals surface area (Å²) < 4.78 is 48.1. The fourth-order valence-corrected chi connectivity index (χ4v) is 6.15. The number of amides is 2. The summed E-state index contributed by atoms with van der Waals surface area (Å²) in [6.07, 6.45) is 2.89. The molecule has 1 aromatic heterocycles. The number of methoxy groups -OCH3 is 1. The van der Waals surface area contributed by atoms with Crippen LogP contribution >= 0.6 is 12.8 Å². The number of carbonyl (C=O) groups excluding carboxylic acids is 2. The van der Waals surface area contributed by atoms with E-state index in [1.165, 1.54) is 46.4 Å². The second-order valence-corrected chi connectivity index (χ2v) is 13.2. The van der Waals surface area contributed by atoms with Crippen LogP contribution in [0.15, 0.2) is 97.2 Å². The average molecular weight is 758 g/mol. The van der Waals surface area contributed by atoms with Gasteiger partial charge in [0.15, 0.2) is 23.1 Å². The van der Waals surface area contributed by atoms with Gasteiger partial charge in [0.05, 0.1) is 32.5 Å². The van der Waals surface area contributed by atoms with Crippen LogP contribution in [0.4, 0.5) is 20.2 Å². The molecule has 282 valence electrons. The first kappa shape index (κ1) is 38.4. The predicted octanol–water partition coefficient (Wildman–Crippen LogP) is 8.00. The third-order valence-electron chi connectivity index (χ3n) is 8.84. The Morgan fingerprint density at radius 1 is 0.870 bits per heavy atom. The Labute approximate surface area is 317 Å². The lowest BCUT2D eigenvalue weighted by Gasteiger charge is -2.26. The van der Waals surface area contributed by atoms with Gasteiger partial charge in [0, 0.05) is 48.2 Å². The molecule has 0 unspecified atom stereocenters. The monoisotopic (exact) mass is 757 g/mol. The van der Waals surface area contributed by atoms with Crippen molar-refractivity contribution in [2.24, 2.45) is 5.41 Å². The van der Waals surface area contributed by atoms with Gasteiger partial charge in [0.1, 0.15) is 17.0 Å². The highest BCUT2D eigenvalue weighted by Crippen LogP contribution is 2.48. The Morgan fingerprint density at radius 3 is 2.28 bits per heavy atom. The molecule has 1 fully saturated rings. The predicted molar refractivity (Wildman–Crippen MR) is 204 cm³/mol. The van der Waals surface area contributed by atoms with Crippen molar-refractivity contribution in [1.29, 1.82) is 0 Å². The number of anilines is 2. The van der Waals surface area contributed by atoms with E-state index in [0.29, 0.717) is 86.1 Å². The lowest BCUT2D eigenvalue weighted by Crippen LogP contribution is -2.35. The number of halogens is 2. The Kier molecular flexibility index (Phi) is 12.6. The molecule has 0 spiro atoms. The van der Waals surface area contributed by atoms with Crippen molar-refractivity contribution in [3.05, 3.63) is 114 Å². The molecular weight excluding hydrogens is 717 g/mol. The van der Waals surface area contributed by atoms with Gasteiger partial charge in [-0.15, -0.1) is 4.47 Å². The first-order valence-corrected chi connectivity index (χ1v) is 17.9. The van der Waals surface area contributed by atoms with Crippen molar-refractivity contribution in [3.63, 3.8) is 0 Å². The summed E-state index contributed by atoms with van der Waals surface area (Å²) in [6.45, 7) is 4.68. The van der Waals surface area contributed by atoms with Gasteiger partial charge in [0.25, 0.3) is 0 Å². The normalized spacial score (nSPS) is 13.2. The number of ether oxygens (including phenoxy) is 3. The number of nitrogens with zero attached hydrogens (tertiary/aromatic N) is 3. The third kappa shape index (κ3) is 9.63. The third-order valence-corrected chi connectivity index (χ3v) is 9.08. The van der Waals surface area contributed by atoms with Crippen LogP contribution in [0.25, 0.3) is 10.9 Å². The van der Waals surface area contributed by atoms with Crippen molar-refractivity contribution in [3.8, 4) is 23.0 Å². The van der Waals surface area contributed by atoms with E-state index >= 15 is 4.39 Å². The number of pyridine rings is 1. The number of hydrogen-bond donors (Lipinski definition) is 3. The Morgan fingerprint density at radius 2 is 1.59 bits per heavy atom. The molecule has 2 amide bonds. The van der Waals surface area contributed by atoms with Crippen LogP contribution in [0.2, 0.25) is 0 Å². The number of nitrogens with one attached hydrogen (secondary N) is 2. The quantitative estimate of drug-likeness (QED) is 0.0269. The van der Waals surface area contributed by atoms with Crippen molar-refractivity contribution in [2.45, 2.75) is 32.7 Å². The van der Waals surface area contributed by atoms with Crippen LogP contribution in [0, 0.1) is 17.0 Å². The number of aromatic nitrogens is 1. The van der Waals surface area contributed by atoms with Crippen LogP contribution < -0.4 is 24.8 Å². The summed E-state index contributed by atoms with van der Waals surface area (Å²) in [5.74, 6) is -1.04. The van der Waals surface area contributed by atoms with Crippen molar-refractivity contribution < 1.29 is 37.4 Å². The largest absolute Gasteiger partial charge is 0.493 e.